The zero-order valence-corrected chi connectivity index (χ0v) is 61.4. The Hall–Kier alpha value is 3.08. The van der Waals surface area contributed by atoms with E-state index in [9.17, 15) is 62.1 Å². The average molecular weight is 1110 g/mol. The van der Waals surface area contributed by atoms with Crippen LogP contribution in [-0.2, 0) is 40.5 Å². The molecular formula is C34H24LiN6Na9O16S4+6. The summed E-state index contributed by atoms with van der Waals surface area (Å²) >= 11 is 0. The number of hydrogen-bond acceptors (Lipinski definition) is 20. The number of fused-ring (bicyclic) bond motifs is 2. The first kappa shape index (κ1) is 81.9. The molecule has 0 bridgehead atoms. The second-order valence-electron chi connectivity index (χ2n) is 12.4. The Morgan fingerprint density at radius 3 is 1.04 bits per heavy atom. The van der Waals surface area contributed by atoms with E-state index in [1.807, 2.05) is 0 Å². The van der Waals surface area contributed by atoms with E-state index < -0.39 is 105 Å². The minimum atomic E-state index is -5.20. The third kappa shape index (κ3) is 19.1. The smallest absolute Gasteiger partial charge is 0.870 e. The van der Waals surface area contributed by atoms with Crippen molar-refractivity contribution in [3.8, 4) is 34.1 Å². The number of hydrogen-bond donors (Lipinski definition) is 4. The van der Waals surface area contributed by atoms with E-state index in [4.69, 9.17) is 20.9 Å². The SMILES string of the molecule is COc1cc(-c2ccc(N=Nc3c(S(=O)(=O)O)cc4cc(S(=O)(=O)[O-])cc(N)c4c3[O-])c(OC)c2)ccc1N=Nc1c(S(=O)(=O)O)cc2cc(S(=O)(=O)[O-])cc(N)c2c1[O-].[Li+].[Na+].[Na+].[Na+].[Na+].[Na+].[Na+].[Na+].[Na+].[Na+]. The second kappa shape index (κ2) is 33.0. The Bertz CT molecular complexity index is 3160. The maximum atomic E-state index is 13.4. The number of rotatable bonds is 11. The predicted octanol–water partition coefficient (Wildman–Crippen LogP) is -25.8. The van der Waals surface area contributed by atoms with E-state index in [2.05, 4.69) is 20.5 Å². The summed E-state index contributed by atoms with van der Waals surface area (Å²) < 4.78 is 149. The maximum Gasteiger partial charge on any atom is 1.00 e. The fourth-order valence-corrected chi connectivity index (χ4v) is 8.30. The zero-order valence-electron chi connectivity index (χ0n) is 40.1. The van der Waals surface area contributed by atoms with Crippen molar-refractivity contribution in [1.29, 1.82) is 0 Å². The molecule has 0 unspecified atom stereocenters. The van der Waals surface area contributed by atoms with Crippen molar-refractivity contribution in [3.63, 3.8) is 0 Å². The normalized spacial score (nSPS) is 11.0. The Balaban J connectivity index is -0.00000141. The van der Waals surface area contributed by atoms with Crippen LogP contribution in [0.15, 0.2) is 113 Å². The number of nitrogen functional groups attached to an aromatic ring is 2. The summed E-state index contributed by atoms with van der Waals surface area (Å²) in [7, 11) is -18.1. The molecule has 0 saturated carbocycles. The van der Waals surface area contributed by atoms with Gasteiger partial charge in [-0.25, -0.2) is 16.8 Å². The van der Waals surface area contributed by atoms with Crippen LogP contribution in [0.25, 0.3) is 32.7 Å². The molecule has 0 radical (unpaired) electrons. The van der Waals surface area contributed by atoms with E-state index in [0.29, 0.717) is 47.5 Å². The Morgan fingerprint density at radius 2 is 0.786 bits per heavy atom. The number of azo groups is 2. The number of benzene rings is 6. The summed E-state index contributed by atoms with van der Waals surface area (Å²) in [5.74, 6) is -2.31. The van der Waals surface area contributed by atoms with Crippen molar-refractivity contribution >= 4 is 96.1 Å². The number of ether oxygens (including phenoxy) is 2. The molecule has 314 valence electrons. The number of nitrogens with two attached hydrogens (primary N) is 2. The number of nitrogens with zero attached hydrogens (tertiary/aromatic N) is 4. The fraction of sp³-hybridized carbons (Fsp3) is 0.0588. The molecule has 0 aliphatic rings. The van der Waals surface area contributed by atoms with Gasteiger partial charge in [0.25, 0.3) is 20.2 Å². The standard InChI is InChI=1S/C34H28N6O16S4.Li.9Na/c1-55-25-9-15(3-5-23(25)37-39-31-27(59(49,50)51)11-17-7-19(57(43,44)45)13-21(35)29(17)33(31)41)16-4-6-24(26(10-16)56-2)38-40-32-28(60(52,53)54)12-18-8-20(58(46,47)48)14-22(36)30(18)34(32)42;;;;;;;;;;/h3-14,41-42H,35-36H2,1-2H3,(H,43,44,45)(H,46,47,48)(H,49,50,51)(H,52,53,54);;;;;;;;;;/q;10*+1/p-4. The average Bonchev–Trinajstić information content (AvgIpc) is 3.14. The van der Waals surface area contributed by atoms with Gasteiger partial charge in [0, 0.05) is 11.4 Å². The summed E-state index contributed by atoms with van der Waals surface area (Å²) in [6.45, 7) is 0. The van der Waals surface area contributed by atoms with Crippen LogP contribution >= 0.6 is 0 Å². The summed E-state index contributed by atoms with van der Waals surface area (Å²) in [5, 5.41) is 40.6. The van der Waals surface area contributed by atoms with Gasteiger partial charge in [0.2, 0.25) is 0 Å². The minimum Gasteiger partial charge on any atom is -0.870 e. The van der Waals surface area contributed by atoms with Crippen LogP contribution in [0.3, 0.4) is 0 Å². The molecule has 0 amide bonds. The molecule has 0 aliphatic carbocycles. The van der Waals surface area contributed by atoms with Crippen molar-refractivity contribution in [2.45, 2.75) is 19.6 Å². The van der Waals surface area contributed by atoms with Gasteiger partial charge in [-0.15, -0.1) is 20.5 Å². The van der Waals surface area contributed by atoms with E-state index in [1.54, 1.807) is 0 Å². The van der Waals surface area contributed by atoms with Crippen molar-refractivity contribution in [1.82, 2.24) is 0 Å². The van der Waals surface area contributed by atoms with Crippen LogP contribution in [-0.4, -0.2) is 66.1 Å². The Morgan fingerprint density at radius 1 is 0.486 bits per heavy atom. The van der Waals surface area contributed by atoms with Crippen molar-refractivity contribution in [3.05, 3.63) is 72.8 Å². The summed E-state index contributed by atoms with van der Waals surface area (Å²) in [6.07, 6.45) is 0. The monoisotopic (exact) mass is 1110 g/mol. The molecule has 0 aromatic heterocycles. The van der Waals surface area contributed by atoms with Gasteiger partial charge in [-0.3, -0.25) is 9.11 Å². The molecule has 0 saturated heterocycles. The van der Waals surface area contributed by atoms with Crippen LogP contribution in [0.4, 0.5) is 34.1 Å². The van der Waals surface area contributed by atoms with Crippen LogP contribution < -0.4 is 316 Å². The summed E-state index contributed by atoms with van der Waals surface area (Å²) in [4.78, 5) is -3.85. The van der Waals surface area contributed by atoms with Gasteiger partial charge in [0.05, 0.1) is 35.4 Å². The molecule has 0 aliphatic heterocycles. The van der Waals surface area contributed by atoms with E-state index >= 15 is 0 Å². The van der Waals surface area contributed by atoms with Crippen molar-refractivity contribution in [2.75, 3.05) is 25.7 Å². The molecule has 36 heteroatoms. The first-order chi connectivity index (χ1) is 27.8. The third-order valence-electron chi connectivity index (χ3n) is 8.61. The van der Waals surface area contributed by atoms with Gasteiger partial charge >= 0.3 is 285 Å². The first-order valence-corrected chi connectivity index (χ1v) is 21.7. The van der Waals surface area contributed by atoms with Gasteiger partial charge in [-0.1, -0.05) is 23.6 Å². The summed E-state index contributed by atoms with van der Waals surface area (Å²) in [6, 6.07) is 12.8. The fourth-order valence-electron chi connectivity index (χ4n) is 5.91. The zero-order chi connectivity index (χ0) is 44.3. The van der Waals surface area contributed by atoms with Crippen LogP contribution in [0, 0.1) is 0 Å². The minimum absolute atomic E-state index is 0. The van der Waals surface area contributed by atoms with Gasteiger partial charge in [-0.05, 0) is 93.3 Å². The topological polar surface area (TPSA) is 389 Å². The van der Waals surface area contributed by atoms with Crippen LogP contribution in [0.2, 0.25) is 0 Å². The van der Waals surface area contributed by atoms with E-state index in [-0.39, 0.29) is 319 Å². The molecule has 70 heavy (non-hydrogen) atoms. The maximum absolute atomic E-state index is 13.4. The molecule has 22 nitrogen and oxygen atoms in total. The van der Waals surface area contributed by atoms with Crippen LogP contribution in [0.5, 0.6) is 23.0 Å². The predicted molar refractivity (Wildman–Crippen MR) is 205 cm³/mol. The van der Waals surface area contributed by atoms with Gasteiger partial charge in [0.15, 0.2) is 0 Å². The molecule has 0 heterocycles. The molecule has 0 atom stereocenters. The van der Waals surface area contributed by atoms with E-state index in [0.717, 1.165) is 0 Å². The second-order valence-corrected chi connectivity index (χ2v) is 17.9. The number of methoxy groups -OCH3 is 2. The van der Waals surface area contributed by atoms with Crippen molar-refractivity contribution in [2.24, 2.45) is 20.5 Å². The molecule has 0 fully saturated rings. The Kier molecular flexibility index (Phi) is 38.6. The third-order valence-corrected chi connectivity index (χ3v) is 12.0. The molecular weight excluding hydrogens is 1090 g/mol. The molecule has 6 rings (SSSR count). The Labute approximate surface area is 613 Å². The first-order valence-electron chi connectivity index (χ1n) is 16.0. The van der Waals surface area contributed by atoms with Crippen LogP contribution in [0.1, 0.15) is 0 Å². The van der Waals surface area contributed by atoms with Gasteiger partial charge in [0.1, 0.15) is 52.9 Å². The van der Waals surface area contributed by atoms with Gasteiger partial charge in [-0.2, -0.15) is 16.8 Å². The molecule has 0 spiro atoms. The van der Waals surface area contributed by atoms with Gasteiger partial charge < -0.3 is 40.3 Å². The molecule has 6 aromatic carbocycles. The van der Waals surface area contributed by atoms with E-state index in [1.165, 1.54) is 50.6 Å². The molecule has 6 aromatic rings. The number of anilines is 2. The molecule has 6 N–H and O–H groups in total. The largest absolute Gasteiger partial charge is 1.00 e. The summed E-state index contributed by atoms with van der Waals surface area (Å²) in [5.41, 5.74) is 9.62. The quantitative estimate of drug-likeness (QED) is 0.0405. The van der Waals surface area contributed by atoms with Crippen molar-refractivity contribution < 1.29 is 356 Å².